The van der Waals surface area contributed by atoms with Crippen molar-refractivity contribution in [3.63, 3.8) is 0 Å². The number of rotatable bonds is 6. The van der Waals surface area contributed by atoms with E-state index in [2.05, 4.69) is 182 Å². The van der Waals surface area contributed by atoms with E-state index < -0.39 is 0 Å². The van der Waals surface area contributed by atoms with Crippen molar-refractivity contribution < 1.29 is 9.67 Å². The van der Waals surface area contributed by atoms with Crippen molar-refractivity contribution in [2.45, 2.75) is 13.8 Å². The van der Waals surface area contributed by atoms with E-state index in [0.717, 1.165) is 61.6 Å². The number of pyridine rings is 1. The van der Waals surface area contributed by atoms with Gasteiger partial charge in [-0.2, -0.15) is 4.57 Å². The van der Waals surface area contributed by atoms with Crippen molar-refractivity contribution in [3.8, 4) is 67.3 Å². The molecule has 0 radical (unpaired) electrons. The molecule has 0 bridgehead atoms. The third-order valence-electron chi connectivity index (χ3n) is 8.39. The second-order valence-corrected chi connectivity index (χ2v) is 11.6. The summed E-state index contributed by atoms with van der Waals surface area (Å²) in [5, 5.41) is 11.9. The molecular formula is C43H34NO+. The van der Waals surface area contributed by atoms with Gasteiger partial charge in [0.25, 0.3) is 0 Å². The zero-order valence-electron chi connectivity index (χ0n) is 25.5. The lowest BCUT2D eigenvalue weighted by molar-refractivity contribution is -0.572. The Balaban J connectivity index is 1.59. The van der Waals surface area contributed by atoms with Gasteiger partial charge in [-0.1, -0.05) is 126 Å². The Morgan fingerprint density at radius 1 is 0.378 bits per heavy atom. The molecule has 0 amide bonds. The van der Waals surface area contributed by atoms with Crippen LogP contribution in [0, 0.1) is 13.8 Å². The summed E-state index contributed by atoms with van der Waals surface area (Å²) in [4.78, 5) is 0. The number of aromatic hydroxyl groups is 1. The maximum Gasteiger partial charge on any atom is 0.219 e. The van der Waals surface area contributed by atoms with Crippen LogP contribution in [0.4, 0.5) is 0 Å². The minimum Gasteiger partial charge on any atom is -0.507 e. The highest BCUT2D eigenvalue weighted by atomic mass is 16.3. The molecule has 1 N–H and O–H groups in total. The van der Waals surface area contributed by atoms with Gasteiger partial charge in [-0.3, -0.25) is 0 Å². The Hall–Kier alpha value is -5.73. The van der Waals surface area contributed by atoms with Gasteiger partial charge in [0.2, 0.25) is 17.1 Å². The molecule has 1 aromatic heterocycles. The molecular weight excluding hydrogens is 546 g/mol. The zero-order chi connectivity index (χ0) is 30.8. The highest BCUT2D eigenvalue weighted by Crippen LogP contribution is 2.41. The van der Waals surface area contributed by atoms with Crippen LogP contribution >= 0.6 is 0 Å². The lowest BCUT2D eigenvalue weighted by atomic mass is 9.94. The van der Waals surface area contributed by atoms with Crippen molar-refractivity contribution in [1.29, 1.82) is 0 Å². The van der Waals surface area contributed by atoms with Gasteiger partial charge in [0.1, 0.15) is 5.75 Å². The van der Waals surface area contributed by atoms with Crippen LogP contribution in [0.3, 0.4) is 0 Å². The van der Waals surface area contributed by atoms with Gasteiger partial charge >= 0.3 is 0 Å². The number of aryl methyl sites for hydroxylation is 2. The van der Waals surface area contributed by atoms with Gasteiger partial charge in [-0.25, -0.2) is 0 Å². The summed E-state index contributed by atoms with van der Waals surface area (Å²) in [6.07, 6.45) is 0. The molecule has 45 heavy (non-hydrogen) atoms. The normalized spacial score (nSPS) is 11.0. The monoisotopic (exact) mass is 580 g/mol. The average Bonchev–Trinajstić information content (AvgIpc) is 3.10. The molecule has 7 rings (SSSR count). The predicted molar refractivity (Wildman–Crippen MR) is 186 cm³/mol. The quantitative estimate of drug-likeness (QED) is 0.194. The second-order valence-electron chi connectivity index (χ2n) is 11.6. The van der Waals surface area contributed by atoms with Gasteiger partial charge in [0, 0.05) is 46.5 Å². The van der Waals surface area contributed by atoms with E-state index in [-0.39, 0.29) is 5.75 Å². The minimum atomic E-state index is 0.274. The summed E-state index contributed by atoms with van der Waals surface area (Å²) in [7, 11) is 0. The Morgan fingerprint density at radius 3 is 1.16 bits per heavy atom. The van der Waals surface area contributed by atoms with Crippen LogP contribution < -0.4 is 4.57 Å². The van der Waals surface area contributed by atoms with Crippen LogP contribution in [0.1, 0.15) is 11.1 Å². The first-order valence-electron chi connectivity index (χ1n) is 15.3. The highest BCUT2D eigenvalue weighted by Gasteiger charge is 2.27. The maximum absolute atomic E-state index is 11.9. The lowest BCUT2D eigenvalue weighted by Gasteiger charge is -2.16. The molecule has 2 nitrogen and oxygen atoms in total. The van der Waals surface area contributed by atoms with E-state index in [0.29, 0.717) is 0 Å². The van der Waals surface area contributed by atoms with Crippen molar-refractivity contribution in [1.82, 2.24) is 0 Å². The molecule has 0 aliphatic rings. The van der Waals surface area contributed by atoms with E-state index in [4.69, 9.17) is 0 Å². The number of hydrogen-bond acceptors (Lipinski definition) is 1. The Kier molecular flexibility index (Phi) is 7.55. The van der Waals surface area contributed by atoms with Crippen molar-refractivity contribution in [2.24, 2.45) is 0 Å². The molecule has 2 heteroatoms. The van der Waals surface area contributed by atoms with Crippen LogP contribution in [0.15, 0.2) is 164 Å². The van der Waals surface area contributed by atoms with Gasteiger partial charge in [-0.05, 0) is 60.4 Å². The van der Waals surface area contributed by atoms with Gasteiger partial charge < -0.3 is 5.11 Å². The number of aromatic nitrogens is 1. The van der Waals surface area contributed by atoms with Crippen molar-refractivity contribution in [3.05, 3.63) is 175 Å². The van der Waals surface area contributed by atoms with E-state index >= 15 is 0 Å². The van der Waals surface area contributed by atoms with E-state index in [1.165, 1.54) is 11.1 Å². The third-order valence-corrected chi connectivity index (χ3v) is 8.39. The maximum atomic E-state index is 11.9. The van der Waals surface area contributed by atoms with Crippen molar-refractivity contribution in [2.75, 3.05) is 0 Å². The molecule has 0 aliphatic heterocycles. The predicted octanol–water partition coefficient (Wildman–Crippen LogP) is 10.6. The SMILES string of the molecule is Cc1ccc(-c2cc(-[n+]3c(-c4ccccc4)cc(-c4ccccc4)cc3-c3ccccc3)cc(-c3ccc(C)cc3)c2O)cc1. The number of phenolic OH excluding ortho intramolecular Hbond substituents is 1. The number of benzene rings is 6. The largest absolute Gasteiger partial charge is 0.507 e. The molecule has 7 aromatic rings. The molecule has 1 heterocycles. The Morgan fingerprint density at radius 2 is 0.756 bits per heavy atom. The van der Waals surface area contributed by atoms with E-state index in [1.54, 1.807) is 0 Å². The fraction of sp³-hybridized carbons (Fsp3) is 0.0465. The first-order chi connectivity index (χ1) is 22.0. The number of nitrogens with zero attached hydrogens (tertiary/aromatic N) is 1. The molecule has 0 unspecified atom stereocenters. The lowest BCUT2D eigenvalue weighted by Crippen LogP contribution is -2.36. The Labute approximate surface area is 265 Å². The van der Waals surface area contributed by atoms with E-state index in [1.807, 2.05) is 0 Å². The van der Waals surface area contributed by atoms with Gasteiger partial charge in [-0.15, -0.1) is 0 Å². The summed E-state index contributed by atoms with van der Waals surface area (Å²) in [5.74, 6) is 0.274. The van der Waals surface area contributed by atoms with E-state index in [9.17, 15) is 5.11 Å². The fourth-order valence-corrected chi connectivity index (χ4v) is 5.97. The van der Waals surface area contributed by atoms with Gasteiger partial charge in [0.15, 0.2) is 0 Å². The first kappa shape index (κ1) is 28.1. The molecule has 0 aliphatic carbocycles. The molecule has 0 saturated heterocycles. The van der Waals surface area contributed by atoms with Crippen LogP contribution in [0.2, 0.25) is 0 Å². The molecule has 0 spiro atoms. The average molecular weight is 581 g/mol. The summed E-state index contributed by atoms with van der Waals surface area (Å²) in [6.45, 7) is 4.17. The van der Waals surface area contributed by atoms with Crippen LogP contribution in [0.5, 0.6) is 5.75 Å². The summed E-state index contributed by atoms with van der Waals surface area (Å²) >= 11 is 0. The fourth-order valence-electron chi connectivity index (χ4n) is 5.97. The number of phenols is 1. The molecule has 0 saturated carbocycles. The standard InChI is InChI=1S/C43H33NO/c1-30-18-22-33(23-19-30)39-28-38(29-40(43(39)45)34-24-20-31(2)21-25-34)44-41(35-14-8-4-9-15-35)26-37(32-12-6-3-7-13-32)27-42(44)36-16-10-5-11-17-36/h3-29H,1-2H3/p+1. The molecule has 216 valence electrons. The molecule has 0 fully saturated rings. The topological polar surface area (TPSA) is 24.1 Å². The molecule has 0 atom stereocenters. The zero-order valence-corrected chi connectivity index (χ0v) is 25.5. The summed E-state index contributed by atoms with van der Waals surface area (Å²) in [5.41, 5.74) is 13.5. The third kappa shape index (κ3) is 5.67. The van der Waals surface area contributed by atoms with Crippen LogP contribution in [-0.2, 0) is 0 Å². The number of hydrogen-bond donors (Lipinski definition) is 1. The Bertz CT molecular complexity index is 1950. The van der Waals surface area contributed by atoms with Crippen LogP contribution in [0.25, 0.3) is 61.6 Å². The van der Waals surface area contributed by atoms with Gasteiger partial charge in [0.05, 0.1) is 0 Å². The summed E-state index contributed by atoms with van der Waals surface area (Å²) in [6, 6.07) is 57.2. The smallest absolute Gasteiger partial charge is 0.219 e. The second kappa shape index (κ2) is 12.1. The summed E-state index contributed by atoms with van der Waals surface area (Å²) < 4.78 is 2.34. The van der Waals surface area contributed by atoms with Crippen LogP contribution in [-0.4, -0.2) is 5.11 Å². The molecule has 6 aromatic carbocycles. The van der Waals surface area contributed by atoms with Crippen molar-refractivity contribution >= 4 is 0 Å². The highest BCUT2D eigenvalue weighted by molar-refractivity contribution is 5.84. The first-order valence-corrected chi connectivity index (χ1v) is 15.3. The minimum absolute atomic E-state index is 0.274.